The van der Waals surface area contributed by atoms with Crippen LogP contribution in [0.5, 0.6) is 0 Å². The molecule has 3 atom stereocenters. The molecule has 2 aliphatic heterocycles. The molecular formula is C15H16FN3OS. The molecule has 0 radical (unpaired) electrons. The minimum atomic E-state index is -0.816. The van der Waals surface area contributed by atoms with Crippen molar-refractivity contribution in [2.75, 3.05) is 13.2 Å². The van der Waals surface area contributed by atoms with Crippen molar-refractivity contribution in [3.05, 3.63) is 35.1 Å². The summed E-state index contributed by atoms with van der Waals surface area (Å²) in [6, 6.07) is 6.44. The van der Waals surface area contributed by atoms with Crippen LogP contribution in [0.3, 0.4) is 0 Å². The van der Waals surface area contributed by atoms with Crippen molar-refractivity contribution in [2.24, 2.45) is 16.6 Å². The van der Waals surface area contributed by atoms with Crippen LogP contribution in [0.25, 0.3) is 0 Å². The van der Waals surface area contributed by atoms with E-state index in [2.05, 4.69) is 18.0 Å². The fraction of sp³-hybridized carbons (Fsp3) is 0.467. The van der Waals surface area contributed by atoms with Crippen LogP contribution < -0.4 is 5.73 Å². The molecule has 1 fully saturated rings. The fourth-order valence-corrected chi connectivity index (χ4v) is 4.40. The number of hydrogen-bond acceptors (Lipinski definition) is 5. The van der Waals surface area contributed by atoms with Crippen LogP contribution in [0.15, 0.2) is 23.2 Å². The number of halogens is 1. The second kappa shape index (κ2) is 5.32. The second-order valence-electron chi connectivity index (χ2n) is 5.45. The smallest absolute Gasteiger partial charge is 0.155 e. The Labute approximate surface area is 127 Å². The lowest BCUT2D eigenvalue weighted by Crippen LogP contribution is -2.50. The van der Waals surface area contributed by atoms with Gasteiger partial charge in [0.25, 0.3) is 0 Å². The largest absolute Gasteiger partial charge is 0.379 e. The number of aliphatic imine (C=N–C) groups is 1. The zero-order valence-electron chi connectivity index (χ0n) is 11.7. The Morgan fingerprint density at radius 2 is 2.38 bits per heavy atom. The standard InChI is InChI=1S/C15H16FN3OS/c1-9-11-4-5-20-8-15(11,19-14(18)21-9)12-6-10(7-17)2-3-13(12)16/h2-3,6,9,11H,4-5,8H2,1H3,(H2,18,19)/t9-,11?,15?/m1/s1. The number of nitrogens with two attached hydrogens (primary N) is 1. The third kappa shape index (κ3) is 2.30. The first-order valence-corrected chi connectivity index (χ1v) is 7.74. The lowest BCUT2D eigenvalue weighted by Gasteiger charge is -2.46. The Kier molecular flexibility index (Phi) is 3.64. The monoisotopic (exact) mass is 305 g/mol. The number of benzene rings is 1. The highest BCUT2D eigenvalue weighted by molar-refractivity contribution is 8.14. The third-order valence-corrected chi connectivity index (χ3v) is 5.29. The molecule has 2 N–H and O–H groups in total. The van der Waals surface area contributed by atoms with E-state index >= 15 is 0 Å². The first kappa shape index (κ1) is 14.4. The maximum absolute atomic E-state index is 14.4. The van der Waals surface area contributed by atoms with Gasteiger partial charge in [-0.15, -0.1) is 0 Å². The molecule has 21 heavy (non-hydrogen) atoms. The van der Waals surface area contributed by atoms with Crippen LogP contribution >= 0.6 is 11.8 Å². The van der Waals surface area contributed by atoms with Gasteiger partial charge in [0.1, 0.15) is 11.4 Å². The Balaban J connectivity index is 2.20. The molecule has 0 aromatic heterocycles. The van der Waals surface area contributed by atoms with E-state index < -0.39 is 5.54 Å². The molecule has 6 heteroatoms. The molecule has 110 valence electrons. The SMILES string of the molecule is C[C@H]1SC(N)=NC2(c3cc(C#N)ccc3F)COCCC12. The van der Waals surface area contributed by atoms with Crippen molar-refractivity contribution >= 4 is 16.9 Å². The van der Waals surface area contributed by atoms with E-state index in [4.69, 9.17) is 15.7 Å². The molecule has 2 heterocycles. The van der Waals surface area contributed by atoms with Gasteiger partial charge in [0, 0.05) is 23.3 Å². The van der Waals surface area contributed by atoms with Gasteiger partial charge in [-0.1, -0.05) is 18.7 Å². The minimum Gasteiger partial charge on any atom is -0.379 e. The molecule has 0 saturated carbocycles. The van der Waals surface area contributed by atoms with E-state index in [0.717, 1.165) is 6.42 Å². The molecule has 2 unspecified atom stereocenters. The summed E-state index contributed by atoms with van der Waals surface area (Å²) in [6.07, 6.45) is 0.807. The van der Waals surface area contributed by atoms with Crippen LogP contribution in [0.1, 0.15) is 24.5 Å². The van der Waals surface area contributed by atoms with Crippen LogP contribution in [0.2, 0.25) is 0 Å². The predicted octanol–water partition coefficient (Wildman–Crippen LogP) is 2.38. The Morgan fingerprint density at radius 3 is 3.14 bits per heavy atom. The summed E-state index contributed by atoms with van der Waals surface area (Å²) in [5, 5.41) is 9.76. The molecule has 0 bridgehead atoms. The number of rotatable bonds is 1. The summed E-state index contributed by atoms with van der Waals surface area (Å²) in [6.45, 7) is 3.03. The average Bonchev–Trinajstić information content (AvgIpc) is 2.47. The van der Waals surface area contributed by atoms with Gasteiger partial charge in [0.05, 0.1) is 18.2 Å². The molecule has 0 aliphatic carbocycles. The Bertz CT molecular complexity index is 642. The molecule has 3 rings (SSSR count). The number of nitriles is 1. The van der Waals surface area contributed by atoms with E-state index in [9.17, 15) is 4.39 Å². The fourth-order valence-electron chi connectivity index (χ4n) is 3.28. The lowest BCUT2D eigenvalue weighted by atomic mass is 9.73. The topological polar surface area (TPSA) is 71.4 Å². The van der Waals surface area contributed by atoms with Crippen molar-refractivity contribution in [1.82, 2.24) is 0 Å². The molecule has 4 nitrogen and oxygen atoms in total. The Hall–Kier alpha value is -1.58. The van der Waals surface area contributed by atoms with Crippen LogP contribution in [0.4, 0.5) is 4.39 Å². The summed E-state index contributed by atoms with van der Waals surface area (Å²) < 4.78 is 20.0. The number of amidine groups is 1. The zero-order chi connectivity index (χ0) is 15.0. The molecule has 2 aliphatic rings. The number of thioether (sulfide) groups is 1. The average molecular weight is 305 g/mol. The van der Waals surface area contributed by atoms with Gasteiger partial charge in [-0.05, 0) is 24.6 Å². The molecular weight excluding hydrogens is 289 g/mol. The lowest BCUT2D eigenvalue weighted by molar-refractivity contribution is -0.00421. The van der Waals surface area contributed by atoms with Crippen molar-refractivity contribution in [2.45, 2.75) is 24.1 Å². The highest BCUT2D eigenvalue weighted by Gasteiger charge is 2.50. The third-order valence-electron chi connectivity index (χ3n) is 4.25. The van der Waals surface area contributed by atoms with Crippen molar-refractivity contribution < 1.29 is 9.13 Å². The summed E-state index contributed by atoms with van der Waals surface area (Å²) in [5.41, 5.74) is 5.97. The van der Waals surface area contributed by atoms with E-state index in [1.807, 2.05) is 0 Å². The van der Waals surface area contributed by atoms with Gasteiger partial charge < -0.3 is 10.5 Å². The van der Waals surface area contributed by atoms with Crippen LogP contribution in [0, 0.1) is 23.1 Å². The molecule has 1 aromatic rings. The first-order chi connectivity index (χ1) is 10.1. The van der Waals surface area contributed by atoms with Crippen LogP contribution in [-0.2, 0) is 10.3 Å². The number of hydrogen-bond donors (Lipinski definition) is 1. The van der Waals surface area contributed by atoms with Gasteiger partial charge in [-0.2, -0.15) is 5.26 Å². The number of nitrogens with zero attached hydrogens (tertiary/aromatic N) is 2. The first-order valence-electron chi connectivity index (χ1n) is 6.86. The van der Waals surface area contributed by atoms with Gasteiger partial charge in [0.15, 0.2) is 5.17 Å². The van der Waals surface area contributed by atoms with E-state index in [1.165, 1.54) is 23.9 Å². The van der Waals surface area contributed by atoms with Gasteiger partial charge in [-0.3, -0.25) is 0 Å². The second-order valence-corrected chi connectivity index (χ2v) is 6.85. The quantitative estimate of drug-likeness (QED) is 0.864. The van der Waals surface area contributed by atoms with Gasteiger partial charge in [0.2, 0.25) is 0 Å². The summed E-state index contributed by atoms with van der Waals surface area (Å²) in [7, 11) is 0. The van der Waals surface area contributed by atoms with E-state index in [-0.39, 0.29) is 17.0 Å². The molecule has 1 saturated heterocycles. The maximum atomic E-state index is 14.4. The maximum Gasteiger partial charge on any atom is 0.155 e. The minimum absolute atomic E-state index is 0.145. The summed E-state index contributed by atoms with van der Waals surface area (Å²) >= 11 is 1.52. The summed E-state index contributed by atoms with van der Waals surface area (Å²) in [4.78, 5) is 4.58. The Morgan fingerprint density at radius 1 is 1.57 bits per heavy atom. The van der Waals surface area contributed by atoms with Gasteiger partial charge in [-0.25, -0.2) is 9.38 Å². The molecule has 0 spiro atoms. The predicted molar refractivity (Wildman–Crippen MR) is 80.4 cm³/mol. The van der Waals surface area contributed by atoms with Crippen molar-refractivity contribution in [3.8, 4) is 6.07 Å². The van der Waals surface area contributed by atoms with Crippen molar-refractivity contribution in [3.63, 3.8) is 0 Å². The van der Waals surface area contributed by atoms with E-state index in [1.54, 1.807) is 6.07 Å². The molecule has 0 amide bonds. The van der Waals surface area contributed by atoms with Gasteiger partial charge >= 0.3 is 0 Å². The van der Waals surface area contributed by atoms with Crippen LogP contribution in [-0.4, -0.2) is 23.6 Å². The molecule has 1 aromatic carbocycles. The van der Waals surface area contributed by atoms with E-state index in [0.29, 0.717) is 29.5 Å². The summed E-state index contributed by atoms with van der Waals surface area (Å²) in [5.74, 6) is -0.216. The van der Waals surface area contributed by atoms with Crippen molar-refractivity contribution in [1.29, 1.82) is 5.26 Å². The highest BCUT2D eigenvalue weighted by Crippen LogP contribution is 2.48. The normalized spacial score (nSPS) is 32.0. The zero-order valence-corrected chi connectivity index (χ0v) is 12.5. The highest BCUT2D eigenvalue weighted by atomic mass is 32.2. The number of fused-ring (bicyclic) bond motifs is 1. The number of ether oxygens (including phenoxy) is 1.